The molecule has 1 fully saturated rings. The Labute approximate surface area is 140 Å². The minimum Gasteiger partial charge on any atom is -0.313 e. The Morgan fingerprint density at radius 3 is 2.67 bits per heavy atom. The van der Waals surface area contributed by atoms with Gasteiger partial charge in [-0.05, 0) is 49.4 Å². The number of hydrogen-bond acceptors (Lipinski definition) is 2. The first-order valence-electron chi connectivity index (χ1n) is 7.43. The van der Waals surface area contributed by atoms with E-state index in [9.17, 15) is 4.21 Å². The van der Waals surface area contributed by atoms with Gasteiger partial charge in [-0.25, -0.2) is 0 Å². The Morgan fingerprint density at radius 1 is 1.33 bits per heavy atom. The van der Waals surface area contributed by atoms with Crippen LogP contribution in [0.2, 0.25) is 10.0 Å². The summed E-state index contributed by atoms with van der Waals surface area (Å²) < 4.78 is 13.0. The zero-order valence-corrected chi connectivity index (χ0v) is 15.1. The molecule has 2 nitrogen and oxygen atoms in total. The average molecular weight is 348 g/mol. The standard InChI is InChI=1S/C16H23Cl2NOS/c1-4-19-14-7-8-16(2,3)10-15(14)21(20)11-5-6-12(17)13(18)9-11/h5-6,9,14-15,19H,4,7-8,10H2,1-3H3. The van der Waals surface area contributed by atoms with Crippen molar-refractivity contribution in [3.05, 3.63) is 28.2 Å². The van der Waals surface area contributed by atoms with Crippen LogP contribution < -0.4 is 5.32 Å². The molecule has 1 saturated carbocycles. The highest BCUT2D eigenvalue weighted by molar-refractivity contribution is 7.85. The van der Waals surface area contributed by atoms with E-state index in [-0.39, 0.29) is 10.7 Å². The molecule has 1 aliphatic rings. The number of nitrogens with one attached hydrogen (secondary N) is 1. The van der Waals surface area contributed by atoms with Crippen molar-refractivity contribution in [1.29, 1.82) is 0 Å². The minimum atomic E-state index is -1.07. The van der Waals surface area contributed by atoms with Crippen molar-refractivity contribution in [1.82, 2.24) is 5.32 Å². The summed E-state index contributed by atoms with van der Waals surface area (Å²) in [5.74, 6) is 0. The molecule has 1 aliphatic carbocycles. The molecule has 3 unspecified atom stereocenters. The van der Waals surface area contributed by atoms with Crippen molar-refractivity contribution in [2.24, 2.45) is 5.41 Å². The van der Waals surface area contributed by atoms with Crippen LogP contribution in [0.3, 0.4) is 0 Å². The highest BCUT2D eigenvalue weighted by atomic mass is 35.5. The largest absolute Gasteiger partial charge is 0.313 e. The second kappa shape index (κ2) is 6.99. The molecule has 1 aromatic carbocycles. The number of hydrogen-bond donors (Lipinski definition) is 1. The van der Waals surface area contributed by atoms with E-state index in [4.69, 9.17) is 23.2 Å². The van der Waals surface area contributed by atoms with Gasteiger partial charge in [0.25, 0.3) is 0 Å². The van der Waals surface area contributed by atoms with E-state index in [1.54, 1.807) is 12.1 Å². The van der Waals surface area contributed by atoms with Crippen molar-refractivity contribution in [2.45, 2.75) is 56.2 Å². The van der Waals surface area contributed by atoms with Gasteiger partial charge in [0, 0.05) is 10.9 Å². The second-order valence-electron chi connectivity index (χ2n) is 6.48. The van der Waals surface area contributed by atoms with Crippen LogP contribution in [-0.4, -0.2) is 22.0 Å². The zero-order chi connectivity index (χ0) is 15.6. The molecule has 21 heavy (non-hydrogen) atoms. The summed E-state index contributed by atoms with van der Waals surface area (Å²) in [6, 6.07) is 5.60. The maximum Gasteiger partial charge on any atom is 0.0604 e. The molecule has 118 valence electrons. The molecule has 0 bridgehead atoms. The van der Waals surface area contributed by atoms with Crippen LogP contribution in [0.25, 0.3) is 0 Å². The minimum absolute atomic E-state index is 0.117. The Morgan fingerprint density at radius 2 is 2.05 bits per heavy atom. The first-order valence-corrected chi connectivity index (χ1v) is 9.40. The summed E-state index contributed by atoms with van der Waals surface area (Å²) >= 11 is 12.0. The van der Waals surface area contributed by atoms with E-state index in [0.717, 1.165) is 24.3 Å². The molecule has 5 heteroatoms. The Bertz CT molecular complexity index is 533. The SMILES string of the molecule is CCNC1CCC(C)(C)CC1S(=O)c1ccc(Cl)c(Cl)c1. The Balaban J connectivity index is 2.26. The van der Waals surface area contributed by atoms with E-state index in [0.29, 0.717) is 16.1 Å². The third-order valence-corrected chi connectivity index (χ3v) is 6.70. The van der Waals surface area contributed by atoms with E-state index in [1.165, 1.54) is 6.42 Å². The number of rotatable bonds is 4. The van der Waals surface area contributed by atoms with Gasteiger partial charge in [0.1, 0.15) is 0 Å². The molecule has 3 atom stereocenters. The summed E-state index contributed by atoms with van der Waals surface area (Å²) in [5.41, 5.74) is 0.239. The van der Waals surface area contributed by atoms with Crippen LogP contribution in [0.1, 0.15) is 40.0 Å². The van der Waals surface area contributed by atoms with Crippen molar-refractivity contribution >= 4 is 34.0 Å². The molecule has 2 rings (SSSR count). The lowest BCUT2D eigenvalue weighted by molar-refractivity contribution is 0.213. The van der Waals surface area contributed by atoms with Crippen molar-refractivity contribution in [3.8, 4) is 0 Å². The van der Waals surface area contributed by atoms with Crippen molar-refractivity contribution in [3.63, 3.8) is 0 Å². The maximum atomic E-state index is 13.0. The summed E-state index contributed by atoms with van der Waals surface area (Å²) in [6.07, 6.45) is 3.19. The third kappa shape index (κ3) is 4.22. The molecule has 1 N–H and O–H groups in total. The predicted octanol–water partition coefficient (Wildman–Crippen LogP) is 4.66. The monoisotopic (exact) mass is 347 g/mol. The van der Waals surface area contributed by atoms with Gasteiger partial charge in [0.05, 0.1) is 26.1 Å². The van der Waals surface area contributed by atoms with Crippen molar-refractivity contribution in [2.75, 3.05) is 6.54 Å². The quantitative estimate of drug-likeness (QED) is 0.858. The lowest BCUT2D eigenvalue weighted by atomic mass is 9.75. The third-order valence-electron chi connectivity index (χ3n) is 4.20. The van der Waals surface area contributed by atoms with Crippen LogP contribution in [-0.2, 0) is 10.8 Å². The normalized spacial score (nSPS) is 26.5. The predicted molar refractivity (Wildman–Crippen MR) is 91.8 cm³/mol. The van der Waals surface area contributed by atoms with Gasteiger partial charge < -0.3 is 5.32 Å². The lowest BCUT2D eigenvalue weighted by Crippen LogP contribution is -2.48. The first-order chi connectivity index (χ1) is 9.84. The highest BCUT2D eigenvalue weighted by Gasteiger charge is 2.38. The summed E-state index contributed by atoms with van der Waals surface area (Å²) in [6.45, 7) is 7.52. The highest BCUT2D eigenvalue weighted by Crippen LogP contribution is 2.39. The van der Waals surface area contributed by atoms with Crippen LogP contribution in [0.4, 0.5) is 0 Å². The van der Waals surface area contributed by atoms with Crippen LogP contribution in [0.15, 0.2) is 23.1 Å². The van der Waals surface area contributed by atoms with Gasteiger partial charge in [-0.1, -0.05) is 44.0 Å². The molecule has 0 amide bonds. The van der Waals surface area contributed by atoms with E-state index < -0.39 is 10.8 Å². The molecule has 0 radical (unpaired) electrons. The molecule has 0 saturated heterocycles. The van der Waals surface area contributed by atoms with Crippen LogP contribution in [0, 0.1) is 5.41 Å². The molecule has 0 aliphatic heterocycles. The van der Waals surface area contributed by atoms with Gasteiger partial charge in [0.15, 0.2) is 0 Å². The van der Waals surface area contributed by atoms with Gasteiger partial charge in [0.2, 0.25) is 0 Å². The zero-order valence-electron chi connectivity index (χ0n) is 12.8. The first kappa shape index (κ1) is 17.3. The maximum absolute atomic E-state index is 13.0. The molecule has 0 heterocycles. The van der Waals surface area contributed by atoms with Crippen molar-refractivity contribution < 1.29 is 4.21 Å². The van der Waals surface area contributed by atoms with Gasteiger partial charge in [-0.3, -0.25) is 4.21 Å². The van der Waals surface area contributed by atoms with E-state index >= 15 is 0 Å². The number of halogens is 2. The molecular weight excluding hydrogens is 325 g/mol. The Hall–Kier alpha value is -0.0900. The molecule has 1 aromatic rings. The Kier molecular flexibility index (Phi) is 5.75. The molecule has 0 spiro atoms. The summed E-state index contributed by atoms with van der Waals surface area (Å²) in [5, 5.41) is 4.59. The van der Waals surface area contributed by atoms with E-state index in [1.807, 2.05) is 6.07 Å². The van der Waals surface area contributed by atoms with Gasteiger partial charge in [-0.2, -0.15) is 0 Å². The van der Waals surface area contributed by atoms with Crippen LogP contribution >= 0.6 is 23.2 Å². The second-order valence-corrected chi connectivity index (χ2v) is 8.97. The van der Waals surface area contributed by atoms with Gasteiger partial charge >= 0.3 is 0 Å². The smallest absolute Gasteiger partial charge is 0.0604 e. The molecule has 0 aromatic heterocycles. The fourth-order valence-electron chi connectivity index (χ4n) is 3.02. The molecular formula is C16H23Cl2NOS. The summed E-state index contributed by atoms with van der Waals surface area (Å²) in [7, 11) is -1.07. The average Bonchev–Trinajstić information content (AvgIpc) is 2.43. The summed E-state index contributed by atoms with van der Waals surface area (Å²) in [4.78, 5) is 0.773. The lowest BCUT2D eigenvalue weighted by Gasteiger charge is -2.40. The fourth-order valence-corrected chi connectivity index (χ4v) is 5.30. The topological polar surface area (TPSA) is 29.1 Å². The van der Waals surface area contributed by atoms with E-state index in [2.05, 4.69) is 26.1 Å². The fraction of sp³-hybridized carbons (Fsp3) is 0.625. The van der Waals surface area contributed by atoms with Crippen LogP contribution in [0.5, 0.6) is 0 Å². The number of benzene rings is 1. The van der Waals surface area contributed by atoms with Gasteiger partial charge in [-0.15, -0.1) is 0 Å².